The minimum absolute atomic E-state index is 0.197. The number of hydrogen-bond acceptors (Lipinski definition) is 6. The molecule has 0 saturated carbocycles. The Morgan fingerprint density at radius 1 is 0.966 bits per heavy atom. The van der Waals surface area contributed by atoms with Crippen LogP contribution in [-0.2, 0) is 0 Å². The van der Waals surface area contributed by atoms with E-state index < -0.39 is 0 Å². The van der Waals surface area contributed by atoms with Crippen LogP contribution in [0.2, 0.25) is 0 Å². The van der Waals surface area contributed by atoms with Crippen LogP contribution in [0.3, 0.4) is 0 Å². The molecule has 4 rings (SSSR count). The largest absolute Gasteiger partial charge is 0.493 e. The fourth-order valence-electron chi connectivity index (χ4n) is 2.60. The van der Waals surface area contributed by atoms with Gasteiger partial charge in [-0.15, -0.1) is 5.10 Å². The molecule has 0 fully saturated rings. The number of pyridine rings is 1. The van der Waals surface area contributed by atoms with Gasteiger partial charge >= 0.3 is 0 Å². The van der Waals surface area contributed by atoms with Crippen LogP contribution >= 0.6 is 0 Å². The molecule has 0 aliphatic rings. The quantitative estimate of drug-likeness (QED) is 0.542. The average Bonchev–Trinajstić information content (AvgIpc) is 3.27. The van der Waals surface area contributed by atoms with Gasteiger partial charge in [0.25, 0.3) is 5.91 Å². The van der Waals surface area contributed by atoms with Crippen LogP contribution in [0.15, 0.2) is 79.1 Å². The first kappa shape index (κ1) is 18.2. The van der Waals surface area contributed by atoms with Gasteiger partial charge in [0.15, 0.2) is 17.2 Å². The first-order valence-corrected chi connectivity index (χ1v) is 8.79. The number of rotatable bonds is 6. The lowest BCUT2D eigenvalue weighted by Gasteiger charge is -2.09. The van der Waals surface area contributed by atoms with Gasteiger partial charge in [0.05, 0.1) is 30.9 Å². The minimum Gasteiger partial charge on any atom is -0.493 e. The van der Waals surface area contributed by atoms with Crippen molar-refractivity contribution in [3.8, 4) is 23.1 Å². The molecule has 144 valence electrons. The highest BCUT2D eigenvalue weighted by Gasteiger charge is 2.12. The molecule has 0 spiro atoms. The van der Waals surface area contributed by atoms with Crippen molar-refractivity contribution in [1.29, 1.82) is 0 Å². The number of ether oxygens (including phenoxy) is 2. The molecule has 8 nitrogen and oxygen atoms in total. The Labute approximate surface area is 166 Å². The van der Waals surface area contributed by atoms with Gasteiger partial charge in [-0.05, 0) is 30.3 Å². The van der Waals surface area contributed by atoms with E-state index >= 15 is 0 Å². The van der Waals surface area contributed by atoms with Crippen LogP contribution in [0.1, 0.15) is 10.5 Å². The highest BCUT2D eigenvalue weighted by molar-refractivity contribution is 6.02. The monoisotopic (exact) mass is 387 g/mol. The van der Waals surface area contributed by atoms with Gasteiger partial charge in [0.1, 0.15) is 0 Å². The van der Waals surface area contributed by atoms with Crippen LogP contribution in [0, 0.1) is 0 Å². The zero-order valence-electron chi connectivity index (χ0n) is 15.5. The zero-order chi connectivity index (χ0) is 20.1. The number of para-hydroxylation sites is 3. The van der Waals surface area contributed by atoms with Crippen LogP contribution in [0.25, 0.3) is 5.69 Å². The molecule has 0 atom stereocenters. The van der Waals surface area contributed by atoms with E-state index in [4.69, 9.17) is 9.47 Å². The lowest BCUT2D eigenvalue weighted by Crippen LogP contribution is -2.12. The van der Waals surface area contributed by atoms with Gasteiger partial charge in [-0.2, -0.15) is 0 Å². The molecule has 2 aromatic heterocycles. The standard InChI is InChI=1S/C21H17N5O3/c1-28-18-9-5-6-10-19(18)29-20-12-11-15(13-22-20)23-21(27)17-14-26(25-24-17)16-7-3-2-4-8-16/h2-14H,1H3,(H,23,27). The number of amides is 1. The highest BCUT2D eigenvalue weighted by Crippen LogP contribution is 2.30. The van der Waals surface area contributed by atoms with E-state index in [2.05, 4.69) is 20.6 Å². The number of methoxy groups -OCH3 is 1. The predicted molar refractivity (Wildman–Crippen MR) is 107 cm³/mol. The molecular weight excluding hydrogens is 370 g/mol. The molecule has 0 radical (unpaired) electrons. The molecule has 1 amide bonds. The maximum Gasteiger partial charge on any atom is 0.277 e. The first-order chi connectivity index (χ1) is 14.2. The third kappa shape index (κ3) is 4.22. The van der Waals surface area contributed by atoms with Gasteiger partial charge in [-0.1, -0.05) is 35.5 Å². The maximum atomic E-state index is 12.4. The van der Waals surface area contributed by atoms with E-state index in [1.165, 1.54) is 10.9 Å². The number of aromatic nitrogens is 4. The van der Waals surface area contributed by atoms with Crippen molar-refractivity contribution in [3.63, 3.8) is 0 Å². The van der Waals surface area contributed by atoms with Gasteiger partial charge in [-0.25, -0.2) is 9.67 Å². The summed E-state index contributed by atoms with van der Waals surface area (Å²) in [6.07, 6.45) is 3.07. The van der Waals surface area contributed by atoms with E-state index in [-0.39, 0.29) is 11.6 Å². The molecule has 29 heavy (non-hydrogen) atoms. The number of benzene rings is 2. The van der Waals surface area contributed by atoms with Crippen LogP contribution in [0.5, 0.6) is 17.4 Å². The minimum atomic E-state index is -0.382. The summed E-state index contributed by atoms with van der Waals surface area (Å²) in [5.74, 6) is 1.15. The third-order valence-corrected chi connectivity index (χ3v) is 4.02. The lowest BCUT2D eigenvalue weighted by molar-refractivity contribution is 0.102. The van der Waals surface area contributed by atoms with E-state index in [0.717, 1.165) is 5.69 Å². The lowest BCUT2D eigenvalue weighted by atomic mass is 10.3. The molecule has 0 aliphatic heterocycles. The van der Waals surface area contributed by atoms with Crippen molar-refractivity contribution in [2.75, 3.05) is 12.4 Å². The van der Waals surface area contributed by atoms with Crippen molar-refractivity contribution in [3.05, 3.63) is 84.8 Å². The summed E-state index contributed by atoms with van der Waals surface area (Å²) >= 11 is 0. The Morgan fingerprint density at radius 3 is 2.45 bits per heavy atom. The molecule has 0 saturated heterocycles. The van der Waals surface area contributed by atoms with Gasteiger partial charge < -0.3 is 14.8 Å². The molecule has 4 aromatic rings. The predicted octanol–water partition coefficient (Wildman–Crippen LogP) is 3.72. The Kier molecular flexibility index (Phi) is 5.15. The Morgan fingerprint density at radius 2 is 1.72 bits per heavy atom. The summed E-state index contributed by atoms with van der Waals surface area (Å²) in [5.41, 5.74) is 1.53. The molecule has 8 heteroatoms. The molecule has 2 aromatic carbocycles. The Hall–Kier alpha value is -4.20. The zero-order valence-corrected chi connectivity index (χ0v) is 15.5. The van der Waals surface area contributed by atoms with Gasteiger partial charge in [-0.3, -0.25) is 4.79 Å². The second-order valence-corrected chi connectivity index (χ2v) is 5.98. The smallest absolute Gasteiger partial charge is 0.277 e. The molecular formula is C21H17N5O3. The molecule has 0 unspecified atom stereocenters. The Bertz CT molecular complexity index is 1110. The molecule has 2 heterocycles. The number of nitrogens with zero attached hydrogens (tertiary/aromatic N) is 4. The third-order valence-electron chi connectivity index (χ3n) is 4.02. The summed E-state index contributed by atoms with van der Waals surface area (Å²) in [6, 6.07) is 20.1. The summed E-state index contributed by atoms with van der Waals surface area (Å²) in [5, 5.41) is 10.6. The fourth-order valence-corrected chi connectivity index (χ4v) is 2.60. The topological polar surface area (TPSA) is 91.2 Å². The van der Waals surface area contributed by atoms with Crippen molar-refractivity contribution in [2.45, 2.75) is 0 Å². The number of carbonyl (C=O) groups is 1. The van der Waals surface area contributed by atoms with E-state index in [1.807, 2.05) is 42.5 Å². The maximum absolute atomic E-state index is 12.4. The normalized spacial score (nSPS) is 10.4. The molecule has 1 N–H and O–H groups in total. The number of anilines is 1. The SMILES string of the molecule is COc1ccccc1Oc1ccc(NC(=O)c2cn(-c3ccccc3)nn2)cn1. The Balaban J connectivity index is 1.42. The highest BCUT2D eigenvalue weighted by atomic mass is 16.5. The average molecular weight is 387 g/mol. The van der Waals surface area contributed by atoms with Gasteiger partial charge in [0.2, 0.25) is 5.88 Å². The molecule has 0 bridgehead atoms. The van der Waals surface area contributed by atoms with E-state index in [1.54, 1.807) is 37.6 Å². The summed E-state index contributed by atoms with van der Waals surface area (Å²) in [4.78, 5) is 16.6. The summed E-state index contributed by atoms with van der Waals surface area (Å²) < 4.78 is 12.5. The second-order valence-electron chi connectivity index (χ2n) is 5.98. The fraction of sp³-hybridized carbons (Fsp3) is 0.0476. The van der Waals surface area contributed by atoms with Crippen LogP contribution in [0.4, 0.5) is 5.69 Å². The van der Waals surface area contributed by atoms with E-state index in [9.17, 15) is 4.79 Å². The first-order valence-electron chi connectivity index (χ1n) is 8.79. The van der Waals surface area contributed by atoms with Crippen molar-refractivity contribution < 1.29 is 14.3 Å². The van der Waals surface area contributed by atoms with Crippen molar-refractivity contribution in [2.24, 2.45) is 0 Å². The summed E-state index contributed by atoms with van der Waals surface area (Å²) in [7, 11) is 1.57. The van der Waals surface area contributed by atoms with Crippen LogP contribution < -0.4 is 14.8 Å². The van der Waals surface area contributed by atoms with Gasteiger partial charge in [0, 0.05) is 6.07 Å². The number of carbonyl (C=O) groups excluding carboxylic acids is 1. The molecule has 0 aliphatic carbocycles. The van der Waals surface area contributed by atoms with Crippen molar-refractivity contribution in [1.82, 2.24) is 20.0 Å². The van der Waals surface area contributed by atoms with E-state index in [0.29, 0.717) is 23.1 Å². The van der Waals surface area contributed by atoms with Crippen LogP contribution in [-0.4, -0.2) is 33.0 Å². The number of hydrogen-bond donors (Lipinski definition) is 1. The summed E-state index contributed by atoms with van der Waals surface area (Å²) in [6.45, 7) is 0. The number of nitrogens with one attached hydrogen (secondary N) is 1. The second kappa shape index (κ2) is 8.22. The van der Waals surface area contributed by atoms with Crippen molar-refractivity contribution >= 4 is 11.6 Å².